The van der Waals surface area contributed by atoms with Crippen molar-refractivity contribution in [1.29, 1.82) is 0 Å². The molecule has 27 heavy (non-hydrogen) atoms. The molecule has 0 saturated carbocycles. The highest BCUT2D eigenvalue weighted by molar-refractivity contribution is 5.91. The van der Waals surface area contributed by atoms with Gasteiger partial charge in [0.25, 0.3) is 11.7 Å². The smallest absolute Gasteiger partial charge is 0.293 e. The lowest BCUT2D eigenvalue weighted by molar-refractivity contribution is 0.0770. The molecule has 1 fully saturated rings. The number of likely N-dealkylation sites (tertiary alicyclic amines) is 1. The number of rotatable bonds is 4. The van der Waals surface area contributed by atoms with E-state index in [1.807, 2.05) is 31.1 Å². The summed E-state index contributed by atoms with van der Waals surface area (Å²) in [6, 6.07) is 10.0. The Labute approximate surface area is 157 Å². The number of benzene rings is 1. The average Bonchev–Trinajstić information content (AvgIpc) is 3.32. The van der Waals surface area contributed by atoms with Crippen LogP contribution in [0.1, 0.15) is 22.1 Å². The summed E-state index contributed by atoms with van der Waals surface area (Å²) < 4.78 is 6.77. The number of ether oxygens (including phenoxy) is 1. The Hall–Kier alpha value is -3.00. The number of methoxy groups -OCH3 is 1. The Morgan fingerprint density at radius 3 is 2.67 bits per heavy atom. The predicted octanol–water partition coefficient (Wildman–Crippen LogP) is 1.30. The van der Waals surface area contributed by atoms with Gasteiger partial charge in [-0.25, -0.2) is 9.50 Å². The molecular weight excluding hydrogens is 344 g/mol. The first-order valence-corrected chi connectivity index (χ1v) is 8.84. The molecule has 1 aliphatic rings. The van der Waals surface area contributed by atoms with E-state index in [-0.39, 0.29) is 23.7 Å². The highest BCUT2D eigenvalue weighted by Crippen LogP contribution is 2.31. The van der Waals surface area contributed by atoms with Gasteiger partial charge in [0, 0.05) is 37.4 Å². The van der Waals surface area contributed by atoms with Gasteiger partial charge in [-0.1, -0.05) is 12.1 Å². The summed E-state index contributed by atoms with van der Waals surface area (Å²) >= 11 is 0. The fourth-order valence-corrected chi connectivity index (χ4v) is 3.62. The summed E-state index contributed by atoms with van der Waals surface area (Å²) in [5.74, 6) is 1.48. The van der Waals surface area contributed by atoms with Gasteiger partial charge in [0.05, 0.1) is 7.11 Å². The fraction of sp³-hybridized carbons (Fsp3) is 0.368. The van der Waals surface area contributed by atoms with Crippen LogP contribution in [-0.4, -0.2) is 75.6 Å². The topological polar surface area (TPSA) is 75.9 Å². The molecule has 0 N–H and O–H groups in total. The van der Waals surface area contributed by atoms with Crippen LogP contribution in [0, 0.1) is 0 Å². The van der Waals surface area contributed by atoms with E-state index >= 15 is 0 Å². The SMILES string of the molecule is COc1ccc([C@@H]2CN(C(=O)c3nc4ncccn4n3)C[C@H]2N(C)C)cc1. The van der Waals surface area contributed by atoms with Crippen molar-refractivity contribution in [3.8, 4) is 5.75 Å². The lowest BCUT2D eigenvalue weighted by Gasteiger charge is -2.25. The number of likely N-dealkylation sites (N-methyl/N-ethyl adjacent to an activating group) is 1. The zero-order valence-electron chi connectivity index (χ0n) is 15.6. The van der Waals surface area contributed by atoms with E-state index in [4.69, 9.17) is 4.74 Å². The minimum Gasteiger partial charge on any atom is -0.497 e. The summed E-state index contributed by atoms with van der Waals surface area (Å²) in [6.45, 7) is 1.25. The number of hydrogen-bond donors (Lipinski definition) is 0. The Morgan fingerprint density at radius 2 is 2.00 bits per heavy atom. The standard InChI is InChI=1S/C19H22N6O2/c1-23(2)16-12-24(11-15(16)13-5-7-14(27-3)8-6-13)18(26)17-21-19-20-9-4-10-25(19)22-17/h4-10,15-16H,11-12H2,1-3H3/t15-,16+/m0/s1. The van der Waals surface area contributed by atoms with Crippen LogP contribution in [0.25, 0.3) is 5.78 Å². The van der Waals surface area contributed by atoms with Gasteiger partial charge in [-0.05, 0) is 37.9 Å². The number of fused-ring (bicyclic) bond motifs is 1. The second kappa shape index (κ2) is 6.96. The van der Waals surface area contributed by atoms with Crippen molar-refractivity contribution in [2.45, 2.75) is 12.0 Å². The normalized spacial score (nSPS) is 19.8. The third-order valence-electron chi connectivity index (χ3n) is 5.09. The number of aromatic nitrogens is 4. The van der Waals surface area contributed by atoms with Crippen molar-refractivity contribution in [3.05, 3.63) is 54.1 Å². The van der Waals surface area contributed by atoms with Crippen molar-refractivity contribution in [2.24, 2.45) is 0 Å². The second-order valence-electron chi connectivity index (χ2n) is 6.92. The summed E-state index contributed by atoms with van der Waals surface area (Å²) in [5, 5.41) is 4.27. The number of nitrogens with zero attached hydrogens (tertiary/aromatic N) is 6. The van der Waals surface area contributed by atoms with E-state index in [9.17, 15) is 4.79 Å². The Morgan fingerprint density at radius 1 is 1.22 bits per heavy atom. The maximum Gasteiger partial charge on any atom is 0.293 e. The molecule has 140 valence electrons. The summed E-state index contributed by atoms with van der Waals surface area (Å²) in [4.78, 5) is 25.4. The first-order valence-electron chi connectivity index (χ1n) is 8.84. The van der Waals surface area contributed by atoms with Gasteiger partial charge in [0.1, 0.15) is 5.75 Å². The average molecular weight is 366 g/mol. The fourth-order valence-electron chi connectivity index (χ4n) is 3.62. The lowest BCUT2D eigenvalue weighted by atomic mass is 9.93. The van der Waals surface area contributed by atoms with Crippen molar-refractivity contribution in [2.75, 3.05) is 34.3 Å². The van der Waals surface area contributed by atoms with Gasteiger partial charge in [-0.15, -0.1) is 5.10 Å². The molecule has 8 nitrogen and oxygen atoms in total. The van der Waals surface area contributed by atoms with E-state index in [0.717, 1.165) is 5.75 Å². The number of carbonyl (C=O) groups is 1. The van der Waals surface area contributed by atoms with Crippen LogP contribution in [0.15, 0.2) is 42.7 Å². The van der Waals surface area contributed by atoms with Crippen LogP contribution in [0.4, 0.5) is 0 Å². The van der Waals surface area contributed by atoms with E-state index in [1.165, 1.54) is 10.1 Å². The summed E-state index contributed by atoms with van der Waals surface area (Å²) in [7, 11) is 5.74. The highest BCUT2D eigenvalue weighted by Gasteiger charge is 2.38. The summed E-state index contributed by atoms with van der Waals surface area (Å²) in [6.07, 6.45) is 3.37. The Kier molecular flexibility index (Phi) is 4.49. The predicted molar refractivity (Wildman–Crippen MR) is 99.9 cm³/mol. The molecule has 0 unspecified atom stereocenters. The van der Waals surface area contributed by atoms with Crippen LogP contribution in [0.5, 0.6) is 5.75 Å². The van der Waals surface area contributed by atoms with Gasteiger partial charge in [-0.3, -0.25) is 4.79 Å². The molecule has 1 saturated heterocycles. The third kappa shape index (κ3) is 3.23. The van der Waals surface area contributed by atoms with Gasteiger partial charge < -0.3 is 14.5 Å². The van der Waals surface area contributed by atoms with Gasteiger partial charge in [0.15, 0.2) is 0 Å². The molecule has 0 bridgehead atoms. The Balaban J connectivity index is 1.59. The highest BCUT2D eigenvalue weighted by atomic mass is 16.5. The van der Waals surface area contributed by atoms with Crippen LogP contribution in [0.3, 0.4) is 0 Å². The monoisotopic (exact) mass is 366 g/mol. The molecule has 8 heteroatoms. The molecular formula is C19H22N6O2. The molecule has 1 amide bonds. The van der Waals surface area contributed by atoms with E-state index in [1.54, 1.807) is 25.6 Å². The van der Waals surface area contributed by atoms with Crippen LogP contribution in [0.2, 0.25) is 0 Å². The maximum atomic E-state index is 13.0. The Bertz CT molecular complexity index is 919. The van der Waals surface area contributed by atoms with Gasteiger partial charge in [-0.2, -0.15) is 4.98 Å². The largest absolute Gasteiger partial charge is 0.497 e. The molecule has 4 rings (SSSR count). The zero-order valence-corrected chi connectivity index (χ0v) is 15.6. The molecule has 1 aromatic carbocycles. The van der Waals surface area contributed by atoms with Crippen molar-refractivity contribution in [3.63, 3.8) is 0 Å². The van der Waals surface area contributed by atoms with Gasteiger partial charge in [0.2, 0.25) is 5.82 Å². The molecule has 2 aromatic heterocycles. The van der Waals surface area contributed by atoms with Crippen LogP contribution in [-0.2, 0) is 0 Å². The van der Waals surface area contributed by atoms with E-state index < -0.39 is 0 Å². The quantitative estimate of drug-likeness (QED) is 0.693. The van der Waals surface area contributed by atoms with E-state index in [0.29, 0.717) is 18.9 Å². The van der Waals surface area contributed by atoms with Crippen molar-refractivity contribution >= 4 is 11.7 Å². The number of carbonyl (C=O) groups excluding carboxylic acids is 1. The molecule has 3 aromatic rings. The van der Waals surface area contributed by atoms with Crippen LogP contribution >= 0.6 is 0 Å². The van der Waals surface area contributed by atoms with E-state index in [2.05, 4.69) is 32.1 Å². The molecule has 0 aliphatic carbocycles. The zero-order chi connectivity index (χ0) is 19.0. The second-order valence-corrected chi connectivity index (χ2v) is 6.92. The molecule has 3 heterocycles. The number of hydrogen-bond acceptors (Lipinski definition) is 6. The van der Waals surface area contributed by atoms with Crippen molar-refractivity contribution in [1.82, 2.24) is 29.4 Å². The summed E-state index contributed by atoms with van der Waals surface area (Å²) in [5.41, 5.74) is 1.19. The molecule has 1 aliphatic heterocycles. The number of amides is 1. The first-order chi connectivity index (χ1) is 13.1. The first kappa shape index (κ1) is 17.4. The molecule has 0 radical (unpaired) electrons. The molecule has 0 spiro atoms. The van der Waals surface area contributed by atoms with Crippen LogP contribution < -0.4 is 4.74 Å². The van der Waals surface area contributed by atoms with Gasteiger partial charge >= 0.3 is 0 Å². The minimum absolute atomic E-state index is 0.164. The minimum atomic E-state index is -0.164. The third-order valence-corrected chi connectivity index (χ3v) is 5.09. The maximum absolute atomic E-state index is 13.0. The van der Waals surface area contributed by atoms with Crippen molar-refractivity contribution < 1.29 is 9.53 Å². The lowest BCUT2D eigenvalue weighted by Crippen LogP contribution is -2.36. The molecule has 2 atom stereocenters.